The fourth-order valence-electron chi connectivity index (χ4n) is 2.63. The monoisotopic (exact) mass is 393 g/mol. The number of H-pyrrole nitrogens is 1. The first-order valence-electron chi connectivity index (χ1n) is 8.09. The summed E-state index contributed by atoms with van der Waals surface area (Å²) in [6, 6.07) is 6.09. The summed E-state index contributed by atoms with van der Waals surface area (Å²) in [7, 11) is 0. The molecule has 1 aromatic heterocycles. The number of nitrogens with one attached hydrogen (secondary N) is 3. The van der Waals surface area contributed by atoms with E-state index in [1.54, 1.807) is 32.9 Å². The van der Waals surface area contributed by atoms with Gasteiger partial charge in [0.2, 0.25) is 0 Å². The Morgan fingerprint density at radius 1 is 1.19 bits per heavy atom. The van der Waals surface area contributed by atoms with Crippen molar-refractivity contribution in [3.8, 4) is 0 Å². The molecule has 0 fully saturated rings. The van der Waals surface area contributed by atoms with Crippen molar-refractivity contribution in [2.45, 2.75) is 26.9 Å². The highest BCUT2D eigenvalue weighted by Crippen LogP contribution is 2.24. The lowest BCUT2D eigenvalue weighted by Crippen LogP contribution is -2.43. The largest absolute Gasteiger partial charge is 0.451 e. The van der Waals surface area contributed by atoms with Gasteiger partial charge in [0.15, 0.2) is 6.61 Å². The van der Waals surface area contributed by atoms with Gasteiger partial charge in [0, 0.05) is 21.8 Å². The number of ether oxygens (including phenoxy) is 1. The van der Waals surface area contributed by atoms with Gasteiger partial charge in [-0.25, -0.2) is 4.79 Å². The molecule has 1 atom stereocenters. The Balaban J connectivity index is 1.86. The number of amides is 2. The SMILES string of the molecule is Cc1[nH]c(C(=O)OCC(=O)NNC(=O)c2ccc(Cl)cc2)c(C)c1[C@@H](C)O. The van der Waals surface area contributed by atoms with E-state index in [4.69, 9.17) is 16.3 Å². The van der Waals surface area contributed by atoms with Gasteiger partial charge < -0.3 is 14.8 Å². The smallest absolute Gasteiger partial charge is 0.355 e. The molecule has 0 radical (unpaired) electrons. The fourth-order valence-corrected chi connectivity index (χ4v) is 2.76. The standard InChI is InChI=1S/C18H20ClN3O5/c1-9-15(11(3)23)10(2)20-16(9)18(26)27-8-14(24)21-22-17(25)12-4-6-13(19)7-5-12/h4-7,11,20,23H,8H2,1-3H3,(H,21,24)(H,22,25)/t11-/m1/s1. The summed E-state index contributed by atoms with van der Waals surface area (Å²) in [6.45, 7) is 4.41. The Morgan fingerprint density at radius 3 is 2.37 bits per heavy atom. The molecular weight excluding hydrogens is 374 g/mol. The Morgan fingerprint density at radius 2 is 1.81 bits per heavy atom. The molecule has 27 heavy (non-hydrogen) atoms. The number of aliphatic hydroxyl groups is 1. The van der Waals surface area contributed by atoms with Crippen LogP contribution in [0, 0.1) is 13.8 Å². The normalized spacial score (nSPS) is 11.6. The minimum Gasteiger partial charge on any atom is -0.451 e. The summed E-state index contributed by atoms with van der Waals surface area (Å²) >= 11 is 5.74. The molecule has 1 aromatic carbocycles. The van der Waals surface area contributed by atoms with E-state index >= 15 is 0 Å². The maximum Gasteiger partial charge on any atom is 0.355 e. The summed E-state index contributed by atoms with van der Waals surface area (Å²) in [4.78, 5) is 38.6. The number of hydrogen-bond acceptors (Lipinski definition) is 5. The zero-order valence-electron chi connectivity index (χ0n) is 15.1. The van der Waals surface area contributed by atoms with Crippen LogP contribution in [-0.2, 0) is 9.53 Å². The van der Waals surface area contributed by atoms with E-state index in [-0.39, 0.29) is 5.69 Å². The molecule has 9 heteroatoms. The summed E-state index contributed by atoms with van der Waals surface area (Å²) < 4.78 is 4.94. The highest BCUT2D eigenvalue weighted by molar-refractivity contribution is 6.30. The van der Waals surface area contributed by atoms with Gasteiger partial charge in [-0.3, -0.25) is 20.4 Å². The molecule has 2 rings (SSSR count). The van der Waals surface area contributed by atoms with Crippen LogP contribution in [0.5, 0.6) is 0 Å². The first-order chi connectivity index (χ1) is 12.7. The van der Waals surface area contributed by atoms with Crippen molar-refractivity contribution in [2.24, 2.45) is 0 Å². The summed E-state index contributed by atoms with van der Waals surface area (Å²) in [5.41, 5.74) is 6.65. The topological polar surface area (TPSA) is 121 Å². The van der Waals surface area contributed by atoms with Gasteiger partial charge in [-0.15, -0.1) is 0 Å². The maximum atomic E-state index is 12.1. The van der Waals surface area contributed by atoms with Gasteiger partial charge in [0.05, 0.1) is 6.10 Å². The quantitative estimate of drug-likeness (QED) is 0.457. The number of aromatic nitrogens is 1. The average molecular weight is 394 g/mol. The second-order valence-electron chi connectivity index (χ2n) is 5.92. The van der Waals surface area contributed by atoms with E-state index < -0.39 is 30.5 Å². The zero-order valence-corrected chi connectivity index (χ0v) is 15.8. The molecule has 0 saturated heterocycles. The molecular formula is C18H20ClN3O5. The number of esters is 1. The molecule has 0 aliphatic rings. The predicted octanol–water partition coefficient (Wildman–Crippen LogP) is 1.96. The minimum absolute atomic E-state index is 0.168. The molecule has 2 aromatic rings. The molecule has 4 N–H and O–H groups in total. The van der Waals surface area contributed by atoms with Gasteiger partial charge in [-0.1, -0.05) is 11.6 Å². The molecule has 0 spiro atoms. The second kappa shape index (κ2) is 8.70. The lowest BCUT2D eigenvalue weighted by Gasteiger charge is -2.08. The molecule has 8 nitrogen and oxygen atoms in total. The van der Waals surface area contributed by atoms with Gasteiger partial charge in [-0.2, -0.15) is 0 Å². The predicted molar refractivity (Wildman–Crippen MR) is 98.2 cm³/mol. The molecule has 0 aliphatic heterocycles. The van der Waals surface area contributed by atoms with Crippen LogP contribution in [0.1, 0.15) is 50.7 Å². The number of aliphatic hydroxyl groups excluding tert-OH is 1. The van der Waals surface area contributed by atoms with Crippen LogP contribution in [0.15, 0.2) is 24.3 Å². The molecule has 0 saturated carbocycles. The number of aryl methyl sites for hydroxylation is 1. The maximum absolute atomic E-state index is 12.1. The Kier molecular flexibility index (Phi) is 6.59. The van der Waals surface area contributed by atoms with E-state index in [2.05, 4.69) is 15.8 Å². The average Bonchev–Trinajstić information content (AvgIpc) is 2.92. The lowest BCUT2D eigenvalue weighted by molar-refractivity contribution is -0.125. The highest BCUT2D eigenvalue weighted by Gasteiger charge is 2.21. The Hall–Kier alpha value is -2.84. The van der Waals surface area contributed by atoms with Crippen LogP contribution < -0.4 is 10.9 Å². The fraction of sp³-hybridized carbons (Fsp3) is 0.278. The van der Waals surface area contributed by atoms with E-state index in [1.807, 2.05) is 0 Å². The molecule has 1 heterocycles. The highest BCUT2D eigenvalue weighted by atomic mass is 35.5. The first-order valence-corrected chi connectivity index (χ1v) is 8.47. The molecule has 0 unspecified atom stereocenters. The van der Waals surface area contributed by atoms with Crippen molar-refractivity contribution in [3.63, 3.8) is 0 Å². The molecule has 0 aliphatic carbocycles. The third-order valence-electron chi connectivity index (χ3n) is 3.87. The van der Waals surface area contributed by atoms with Crippen LogP contribution in [0.2, 0.25) is 5.02 Å². The third-order valence-corrected chi connectivity index (χ3v) is 4.13. The van der Waals surface area contributed by atoms with E-state index in [0.717, 1.165) is 0 Å². The molecule has 2 amide bonds. The van der Waals surface area contributed by atoms with Crippen molar-refractivity contribution in [2.75, 3.05) is 6.61 Å². The number of carbonyl (C=O) groups excluding carboxylic acids is 3. The van der Waals surface area contributed by atoms with Crippen molar-refractivity contribution >= 4 is 29.4 Å². The van der Waals surface area contributed by atoms with Crippen LogP contribution in [0.4, 0.5) is 0 Å². The number of halogens is 1. The summed E-state index contributed by atoms with van der Waals surface area (Å²) in [5.74, 6) is -1.98. The van der Waals surface area contributed by atoms with E-state index in [0.29, 0.717) is 27.4 Å². The zero-order chi connectivity index (χ0) is 20.1. The van der Waals surface area contributed by atoms with Crippen LogP contribution >= 0.6 is 11.6 Å². The Bertz CT molecular complexity index is 859. The van der Waals surface area contributed by atoms with E-state index in [9.17, 15) is 19.5 Å². The number of carbonyl (C=O) groups is 3. The van der Waals surface area contributed by atoms with Crippen LogP contribution in [-0.4, -0.2) is 34.5 Å². The number of aromatic amines is 1. The van der Waals surface area contributed by atoms with Crippen LogP contribution in [0.3, 0.4) is 0 Å². The number of rotatable bonds is 5. The molecule has 0 bridgehead atoms. The number of hydrogen-bond donors (Lipinski definition) is 4. The van der Waals surface area contributed by atoms with E-state index in [1.165, 1.54) is 12.1 Å². The van der Waals surface area contributed by atoms with Crippen LogP contribution in [0.25, 0.3) is 0 Å². The van der Waals surface area contributed by atoms with Crippen molar-refractivity contribution in [3.05, 3.63) is 57.4 Å². The van der Waals surface area contributed by atoms with Gasteiger partial charge in [0.1, 0.15) is 5.69 Å². The number of hydrazine groups is 1. The minimum atomic E-state index is -0.742. The van der Waals surface area contributed by atoms with Gasteiger partial charge >= 0.3 is 5.97 Å². The second-order valence-corrected chi connectivity index (χ2v) is 6.36. The van der Waals surface area contributed by atoms with Gasteiger partial charge in [0.25, 0.3) is 11.8 Å². The number of benzene rings is 1. The first kappa shape index (κ1) is 20.5. The summed E-state index contributed by atoms with van der Waals surface area (Å²) in [5, 5.41) is 10.2. The van der Waals surface area contributed by atoms with Crippen molar-refractivity contribution in [1.29, 1.82) is 0 Å². The lowest BCUT2D eigenvalue weighted by atomic mass is 10.1. The van der Waals surface area contributed by atoms with Crippen molar-refractivity contribution < 1.29 is 24.2 Å². The van der Waals surface area contributed by atoms with Crippen molar-refractivity contribution in [1.82, 2.24) is 15.8 Å². The summed E-state index contributed by atoms with van der Waals surface area (Å²) in [6.07, 6.45) is -0.742. The Labute approximate surface area is 160 Å². The third kappa shape index (κ3) is 5.08. The van der Waals surface area contributed by atoms with Gasteiger partial charge in [-0.05, 0) is 50.6 Å². The molecule has 144 valence electrons.